The molecular weight excluding hydrogens is 270 g/mol. The molecule has 0 aliphatic carbocycles. The molecule has 0 aliphatic heterocycles. The fourth-order valence-corrected chi connectivity index (χ4v) is 1.68. The van der Waals surface area contributed by atoms with E-state index in [1.54, 1.807) is 30.3 Å². The van der Waals surface area contributed by atoms with Crippen molar-refractivity contribution >= 4 is 17.5 Å². The fourth-order valence-electron chi connectivity index (χ4n) is 1.68. The van der Waals surface area contributed by atoms with Gasteiger partial charge in [-0.15, -0.1) is 0 Å². The smallest absolute Gasteiger partial charge is 0.254 e. The number of nitrogens with zero attached hydrogens (tertiary/aromatic N) is 1. The Kier molecular flexibility index (Phi) is 4.72. The second-order valence-corrected chi connectivity index (χ2v) is 4.26. The molecule has 0 unspecified atom stereocenters. The van der Waals surface area contributed by atoms with Crippen molar-refractivity contribution in [1.82, 2.24) is 5.32 Å². The molecular formula is C15H13N3O3. The van der Waals surface area contributed by atoms with Crippen molar-refractivity contribution in [2.75, 3.05) is 11.9 Å². The van der Waals surface area contributed by atoms with E-state index in [-0.39, 0.29) is 24.8 Å². The molecule has 0 saturated carbocycles. The van der Waals surface area contributed by atoms with Gasteiger partial charge in [-0.25, -0.2) is 0 Å². The van der Waals surface area contributed by atoms with Crippen LogP contribution in [0, 0.1) is 11.3 Å². The number of hydrogen-bond donors (Lipinski definition) is 2. The summed E-state index contributed by atoms with van der Waals surface area (Å²) < 4.78 is 4.80. The predicted octanol–water partition coefficient (Wildman–Crippen LogP) is 1.91. The average molecular weight is 283 g/mol. The topological polar surface area (TPSA) is 95.1 Å². The minimum atomic E-state index is -0.289. The Morgan fingerprint density at radius 3 is 2.86 bits per heavy atom. The van der Waals surface area contributed by atoms with E-state index in [1.165, 1.54) is 12.5 Å². The quantitative estimate of drug-likeness (QED) is 0.876. The van der Waals surface area contributed by atoms with Gasteiger partial charge in [0, 0.05) is 18.7 Å². The number of carbonyl (C=O) groups is 2. The Morgan fingerprint density at radius 2 is 2.14 bits per heavy atom. The predicted molar refractivity (Wildman–Crippen MR) is 75.4 cm³/mol. The summed E-state index contributed by atoms with van der Waals surface area (Å²) in [6.07, 6.45) is 2.88. The standard InChI is InChI=1S/C15H13N3O3/c16-9-11-2-1-3-13(8-11)18-14(19)4-6-17-15(20)12-5-7-21-10-12/h1-3,5,7-8,10H,4,6H2,(H,17,20)(H,18,19). The lowest BCUT2D eigenvalue weighted by Gasteiger charge is -2.06. The van der Waals surface area contributed by atoms with Crippen LogP contribution in [-0.2, 0) is 4.79 Å². The van der Waals surface area contributed by atoms with Crippen molar-refractivity contribution in [3.63, 3.8) is 0 Å². The first kappa shape index (κ1) is 14.3. The lowest BCUT2D eigenvalue weighted by Crippen LogP contribution is -2.27. The molecule has 0 radical (unpaired) electrons. The molecule has 21 heavy (non-hydrogen) atoms. The Morgan fingerprint density at radius 1 is 1.29 bits per heavy atom. The molecule has 0 aliphatic rings. The number of amides is 2. The van der Waals surface area contributed by atoms with Crippen molar-refractivity contribution < 1.29 is 14.0 Å². The van der Waals surface area contributed by atoms with E-state index in [2.05, 4.69) is 10.6 Å². The first-order valence-corrected chi connectivity index (χ1v) is 6.29. The van der Waals surface area contributed by atoms with Crippen LogP contribution in [-0.4, -0.2) is 18.4 Å². The first-order chi connectivity index (χ1) is 10.2. The number of rotatable bonds is 5. The molecule has 0 spiro atoms. The zero-order chi connectivity index (χ0) is 15.1. The zero-order valence-corrected chi connectivity index (χ0v) is 11.1. The van der Waals surface area contributed by atoms with E-state index in [1.807, 2.05) is 6.07 Å². The van der Waals surface area contributed by atoms with Gasteiger partial charge in [0.25, 0.3) is 5.91 Å². The van der Waals surface area contributed by atoms with Crippen molar-refractivity contribution in [3.05, 3.63) is 54.0 Å². The molecule has 2 amide bonds. The van der Waals surface area contributed by atoms with E-state index in [0.717, 1.165) is 0 Å². The molecule has 0 fully saturated rings. The molecule has 0 atom stereocenters. The summed E-state index contributed by atoms with van der Waals surface area (Å²) in [6.45, 7) is 0.216. The molecule has 2 N–H and O–H groups in total. The second kappa shape index (κ2) is 6.91. The zero-order valence-electron chi connectivity index (χ0n) is 11.1. The van der Waals surface area contributed by atoms with Gasteiger partial charge in [0.1, 0.15) is 6.26 Å². The molecule has 2 rings (SSSR count). The Hall–Kier alpha value is -3.07. The number of anilines is 1. The van der Waals surface area contributed by atoms with E-state index in [0.29, 0.717) is 16.8 Å². The number of nitriles is 1. The molecule has 0 bridgehead atoms. The highest BCUT2D eigenvalue weighted by Gasteiger charge is 2.08. The second-order valence-electron chi connectivity index (χ2n) is 4.26. The molecule has 1 heterocycles. The number of furan rings is 1. The molecule has 6 heteroatoms. The lowest BCUT2D eigenvalue weighted by atomic mass is 10.2. The van der Waals surface area contributed by atoms with E-state index in [4.69, 9.17) is 9.68 Å². The summed E-state index contributed by atoms with van der Waals surface area (Å²) in [5, 5.41) is 14.0. The van der Waals surface area contributed by atoms with Gasteiger partial charge in [-0.3, -0.25) is 9.59 Å². The normalized spacial score (nSPS) is 9.67. The fraction of sp³-hybridized carbons (Fsp3) is 0.133. The number of benzene rings is 1. The van der Waals surface area contributed by atoms with Crippen molar-refractivity contribution in [1.29, 1.82) is 5.26 Å². The third-order valence-corrected chi connectivity index (χ3v) is 2.70. The monoisotopic (exact) mass is 283 g/mol. The van der Waals surface area contributed by atoms with E-state index in [9.17, 15) is 9.59 Å². The molecule has 6 nitrogen and oxygen atoms in total. The summed E-state index contributed by atoms with van der Waals surface area (Å²) in [6, 6.07) is 10.2. The van der Waals surface area contributed by atoms with Gasteiger partial charge in [0.2, 0.25) is 5.91 Å². The third-order valence-electron chi connectivity index (χ3n) is 2.70. The highest BCUT2D eigenvalue weighted by atomic mass is 16.3. The average Bonchev–Trinajstić information content (AvgIpc) is 3.01. The molecule has 1 aromatic heterocycles. The summed E-state index contributed by atoms with van der Waals surface area (Å²) in [5.41, 5.74) is 1.44. The third kappa shape index (κ3) is 4.21. The molecule has 0 saturated heterocycles. The number of nitrogens with one attached hydrogen (secondary N) is 2. The van der Waals surface area contributed by atoms with Crippen LogP contribution < -0.4 is 10.6 Å². The van der Waals surface area contributed by atoms with Crippen LogP contribution in [0.3, 0.4) is 0 Å². The van der Waals surface area contributed by atoms with E-state index < -0.39 is 0 Å². The van der Waals surface area contributed by atoms with Crippen LogP contribution in [0.1, 0.15) is 22.3 Å². The Balaban J connectivity index is 1.77. The van der Waals surface area contributed by atoms with Crippen LogP contribution in [0.4, 0.5) is 5.69 Å². The van der Waals surface area contributed by atoms with Gasteiger partial charge >= 0.3 is 0 Å². The van der Waals surface area contributed by atoms with Crippen molar-refractivity contribution in [3.8, 4) is 6.07 Å². The maximum Gasteiger partial charge on any atom is 0.254 e. The van der Waals surface area contributed by atoms with Crippen molar-refractivity contribution in [2.45, 2.75) is 6.42 Å². The molecule has 1 aromatic carbocycles. The van der Waals surface area contributed by atoms with Crippen molar-refractivity contribution in [2.24, 2.45) is 0 Å². The maximum absolute atomic E-state index is 11.7. The Bertz CT molecular complexity index is 672. The Labute approximate surface area is 121 Å². The highest BCUT2D eigenvalue weighted by molar-refractivity contribution is 5.95. The van der Waals surface area contributed by atoms with Gasteiger partial charge in [-0.05, 0) is 24.3 Å². The largest absolute Gasteiger partial charge is 0.472 e. The molecule has 2 aromatic rings. The van der Waals surface area contributed by atoms with Crippen LogP contribution in [0.5, 0.6) is 0 Å². The highest BCUT2D eigenvalue weighted by Crippen LogP contribution is 2.09. The summed E-state index contributed by atoms with van der Waals surface area (Å²) in [7, 11) is 0. The minimum absolute atomic E-state index is 0.139. The van der Waals surface area contributed by atoms with Gasteiger partial charge in [0.15, 0.2) is 0 Å². The van der Waals surface area contributed by atoms with Gasteiger partial charge in [-0.1, -0.05) is 6.07 Å². The first-order valence-electron chi connectivity index (χ1n) is 6.29. The SMILES string of the molecule is N#Cc1cccc(NC(=O)CCNC(=O)c2ccoc2)c1. The van der Waals surface area contributed by atoms with Gasteiger partial charge in [0.05, 0.1) is 23.5 Å². The van der Waals surface area contributed by atoms with E-state index >= 15 is 0 Å². The van der Waals surface area contributed by atoms with Crippen LogP contribution in [0.15, 0.2) is 47.3 Å². The summed E-state index contributed by atoms with van der Waals surface area (Å²) in [4.78, 5) is 23.3. The van der Waals surface area contributed by atoms with Crippen LogP contribution >= 0.6 is 0 Å². The van der Waals surface area contributed by atoms with Gasteiger partial charge < -0.3 is 15.1 Å². The molecule has 106 valence electrons. The van der Waals surface area contributed by atoms with Crippen LogP contribution in [0.25, 0.3) is 0 Å². The maximum atomic E-state index is 11.7. The summed E-state index contributed by atoms with van der Waals surface area (Å²) in [5.74, 6) is -0.527. The number of carbonyl (C=O) groups excluding carboxylic acids is 2. The minimum Gasteiger partial charge on any atom is -0.472 e. The van der Waals surface area contributed by atoms with Gasteiger partial charge in [-0.2, -0.15) is 5.26 Å². The summed E-state index contributed by atoms with van der Waals surface area (Å²) >= 11 is 0. The number of hydrogen-bond acceptors (Lipinski definition) is 4. The lowest BCUT2D eigenvalue weighted by molar-refractivity contribution is -0.116. The van der Waals surface area contributed by atoms with Crippen LogP contribution in [0.2, 0.25) is 0 Å².